The first-order chi connectivity index (χ1) is 12.5. The lowest BCUT2D eigenvalue weighted by Crippen LogP contribution is -2.45. The zero-order chi connectivity index (χ0) is 18.5. The molecule has 0 saturated carbocycles. The van der Waals surface area contributed by atoms with E-state index in [1.807, 2.05) is 6.07 Å². The van der Waals surface area contributed by atoms with E-state index in [1.54, 1.807) is 18.2 Å². The van der Waals surface area contributed by atoms with Crippen molar-refractivity contribution in [2.75, 3.05) is 44.7 Å². The first kappa shape index (κ1) is 18.9. The minimum absolute atomic E-state index is 0.215. The van der Waals surface area contributed by atoms with Gasteiger partial charge in [-0.2, -0.15) is 0 Å². The molecule has 0 spiro atoms. The van der Waals surface area contributed by atoms with Gasteiger partial charge in [0, 0.05) is 48.8 Å². The smallest absolute Gasteiger partial charge is 0.270 e. The number of hydrogen-bond donors (Lipinski definition) is 1. The molecule has 6 nitrogen and oxygen atoms in total. The maximum atomic E-state index is 12.4. The van der Waals surface area contributed by atoms with Gasteiger partial charge in [-0.1, -0.05) is 29.3 Å². The third kappa shape index (κ3) is 4.84. The Morgan fingerprint density at radius 2 is 1.92 bits per heavy atom. The van der Waals surface area contributed by atoms with Crippen molar-refractivity contribution >= 4 is 34.9 Å². The Kier molecular flexibility index (Phi) is 6.29. The third-order valence-electron chi connectivity index (χ3n) is 4.41. The molecule has 0 unspecified atom stereocenters. The van der Waals surface area contributed by atoms with Crippen LogP contribution in [0.5, 0.6) is 0 Å². The highest BCUT2D eigenvalue weighted by Gasteiger charge is 2.17. The number of hydrogen-bond acceptors (Lipinski definition) is 5. The van der Waals surface area contributed by atoms with Crippen molar-refractivity contribution in [1.29, 1.82) is 0 Å². The van der Waals surface area contributed by atoms with Gasteiger partial charge in [0.1, 0.15) is 17.8 Å². The lowest BCUT2D eigenvalue weighted by molar-refractivity contribution is 0.0949. The molecule has 2 heterocycles. The molecule has 1 aliphatic heterocycles. The van der Waals surface area contributed by atoms with Crippen molar-refractivity contribution in [2.45, 2.75) is 6.42 Å². The molecule has 2 aromatic rings. The summed E-state index contributed by atoms with van der Waals surface area (Å²) in [5.74, 6) is 0.576. The van der Waals surface area contributed by atoms with Gasteiger partial charge in [-0.25, -0.2) is 9.97 Å². The number of anilines is 1. The van der Waals surface area contributed by atoms with Crippen molar-refractivity contribution in [2.24, 2.45) is 0 Å². The fourth-order valence-electron chi connectivity index (χ4n) is 2.81. The number of nitrogens with zero attached hydrogens (tertiary/aromatic N) is 4. The standard InChI is InChI=1S/C18H21Cl2N5O/c1-24-6-8-25(9-7-24)17-11-16(22-12-23-17)18(26)21-5-4-13-2-3-14(19)10-15(13)20/h2-3,10-12H,4-9H2,1H3,(H,21,26). The second kappa shape index (κ2) is 8.66. The molecule has 138 valence electrons. The second-order valence-corrected chi connectivity index (χ2v) is 7.14. The Morgan fingerprint density at radius 1 is 1.15 bits per heavy atom. The van der Waals surface area contributed by atoms with Gasteiger partial charge in [0.2, 0.25) is 0 Å². The number of nitrogens with one attached hydrogen (secondary N) is 1. The van der Waals surface area contributed by atoms with Gasteiger partial charge < -0.3 is 15.1 Å². The minimum Gasteiger partial charge on any atom is -0.354 e. The molecule has 0 radical (unpaired) electrons. The van der Waals surface area contributed by atoms with E-state index in [1.165, 1.54) is 6.33 Å². The minimum atomic E-state index is -0.215. The second-order valence-electron chi connectivity index (χ2n) is 6.29. The summed E-state index contributed by atoms with van der Waals surface area (Å²) in [7, 11) is 2.10. The maximum absolute atomic E-state index is 12.4. The van der Waals surface area contributed by atoms with Crippen LogP contribution in [0.15, 0.2) is 30.6 Å². The molecule has 0 aliphatic carbocycles. The van der Waals surface area contributed by atoms with E-state index in [0.29, 0.717) is 28.7 Å². The topological polar surface area (TPSA) is 61.4 Å². The maximum Gasteiger partial charge on any atom is 0.270 e. The molecular weight excluding hydrogens is 373 g/mol. The van der Waals surface area contributed by atoms with Crippen LogP contribution in [0.1, 0.15) is 16.1 Å². The SMILES string of the molecule is CN1CCN(c2cc(C(=O)NCCc3ccc(Cl)cc3Cl)ncn2)CC1. The van der Waals surface area contributed by atoms with Gasteiger partial charge in [0.05, 0.1) is 0 Å². The van der Waals surface area contributed by atoms with E-state index in [0.717, 1.165) is 37.6 Å². The van der Waals surface area contributed by atoms with Crippen LogP contribution in [-0.2, 0) is 6.42 Å². The van der Waals surface area contributed by atoms with E-state index >= 15 is 0 Å². The molecule has 1 aliphatic rings. The summed E-state index contributed by atoms with van der Waals surface area (Å²) in [5.41, 5.74) is 1.31. The molecule has 0 atom stereocenters. The number of amides is 1. The molecule has 1 aromatic heterocycles. The quantitative estimate of drug-likeness (QED) is 0.845. The van der Waals surface area contributed by atoms with Gasteiger partial charge in [-0.3, -0.25) is 4.79 Å². The summed E-state index contributed by atoms with van der Waals surface area (Å²) in [6.45, 7) is 4.21. The third-order valence-corrected chi connectivity index (χ3v) is 4.99. The van der Waals surface area contributed by atoms with Crippen molar-refractivity contribution in [3.8, 4) is 0 Å². The Hall–Kier alpha value is -1.89. The predicted octanol–water partition coefficient (Wildman–Crippen LogP) is 2.51. The Morgan fingerprint density at radius 3 is 2.65 bits per heavy atom. The lowest BCUT2D eigenvalue weighted by Gasteiger charge is -2.33. The molecule has 8 heteroatoms. The average molecular weight is 394 g/mol. The van der Waals surface area contributed by atoms with Gasteiger partial charge in [0.25, 0.3) is 5.91 Å². The fourth-order valence-corrected chi connectivity index (χ4v) is 3.31. The zero-order valence-electron chi connectivity index (χ0n) is 14.6. The van der Waals surface area contributed by atoms with E-state index in [9.17, 15) is 4.79 Å². The van der Waals surface area contributed by atoms with E-state index < -0.39 is 0 Å². The lowest BCUT2D eigenvalue weighted by atomic mass is 10.1. The van der Waals surface area contributed by atoms with Crippen LogP contribution in [0.2, 0.25) is 10.0 Å². The molecule has 1 amide bonds. The van der Waals surface area contributed by atoms with Crippen molar-refractivity contribution in [3.05, 3.63) is 51.9 Å². The van der Waals surface area contributed by atoms with Crippen LogP contribution in [0, 0.1) is 0 Å². The van der Waals surface area contributed by atoms with Gasteiger partial charge >= 0.3 is 0 Å². The number of benzene rings is 1. The number of likely N-dealkylation sites (N-methyl/N-ethyl adjacent to an activating group) is 1. The normalized spacial score (nSPS) is 15.1. The monoisotopic (exact) mass is 393 g/mol. The number of carbonyl (C=O) groups is 1. The van der Waals surface area contributed by atoms with E-state index in [4.69, 9.17) is 23.2 Å². The number of halogens is 2. The molecule has 1 aromatic carbocycles. The Bertz CT molecular complexity index is 778. The molecule has 0 bridgehead atoms. The summed E-state index contributed by atoms with van der Waals surface area (Å²) in [4.78, 5) is 25.2. The first-order valence-electron chi connectivity index (χ1n) is 8.50. The number of piperazine rings is 1. The first-order valence-corrected chi connectivity index (χ1v) is 9.26. The van der Waals surface area contributed by atoms with Crippen LogP contribution < -0.4 is 10.2 Å². The largest absolute Gasteiger partial charge is 0.354 e. The van der Waals surface area contributed by atoms with Crippen LogP contribution in [0.3, 0.4) is 0 Å². The molecule has 1 saturated heterocycles. The summed E-state index contributed by atoms with van der Waals surface area (Å²) in [5, 5.41) is 4.08. The summed E-state index contributed by atoms with van der Waals surface area (Å²) in [6, 6.07) is 7.10. The fraction of sp³-hybridized carbons (Fsp3) is 0.389. The Labute approximate surface area is 163 Å². The summed E-state index contributed by atoms with van der Waals surface area (Å²) < 4.78 is 0. The molecule has 26 heavy (non-hydrogen) atoms. The summed E-state index contributed by atoms with van der Waals surface area (Å²) >= 11 is 12.0. The average Bonchev–Trinajstić information content (AvgIpc) is 2.64. The van der Waals surface area contributed by atoms with Crippen molar-refractivity contribution < 1.29 is 4.79 Å². The molecular formula is C18H21Cl2N5O. The number of aromatic nitrogens is 2. The van der Waals surface area contributed by atoms with Crippen LogP contribution in [-0.4, -0.2) is 60.5 Å². The van der Waals surface area contributed by atoms with E-state index in [2.05, 4.69) is 32.1 Å². The van der Waals surface area contributed by atoms with Gasteiger partial charge in [-0.05, 0) is 31.2 Å². The van der Waals surface area contributed by atoms with E-state index in [-0.39, 0.29) is 5.91 Å². The van der Waals surface area contributed by atoms with Crippen LogP contribution in [0.25, 0.3) is 0 Å². The molecule has 1 fully saturated rings. The van der Waals surface area contributed by atoms with Gasteiger partial charge in [0.15, 0.2) is 0 Å². The highest BCUT2D eigenvalue weighted by molar-refractivity contribution is 6.35. The van der Waals surface area contributed by atoms with Crippen molar-refractivity contribution in [1.82, 2.24) is 20.2 Å². The highest BCUT2D eigenvalue weighted by atomic mass is 35.5. The number of carbonyl (C=O) groups excluding carboxylic acids is 1. The van der Waals surface area contributed by atoms with Crippen LogP contribution in [0.4, 0.5) is 5.82 Å². The molecule has 3 rings (SSSR count). The number of rotatable bonds is 5. The van der Waals surface area contributed by atoms with Gasteiger partial charge in [-0.15, -0.1) is 0 Å². The predicted molar refractivity (Wildman–Crippen MR) is 104 cm³/mol. The van der Waals surface area contributed by atoms with Crippen molar-refractivity contribution in [3.63, 3.8) is 0 Å². The molecule has 1 N–H and O–H groups in total. The Balaban J connectivity index is 1.57. The highest BCUT2D eigenvalue weighted by Crippen LogP contribution is 2.21. The summed E-state index contributed by atoms with van der Waals surface area (Å²) in [6.07, 6.45) is 2.07. The zero-order valence-corrected chi connectivity index (χ0v) is 16.1. The van der Waals surface area contributed by atoms with Crippen LogP contribution >= 0.6 is 23.2 Å².